The number of ether oxygens (including phenoxy) is 3. The zero-order chi connectivity index (χ0) is 69.6. The standard InChI is InChI=1S/C70H105N9O15/c1-13-45(6)62(55(92-11)41-60(85)77-37-21-26-53(77)64(93-12)46(7)65(87)73-47(8)63(86)49-23-16-14-17-24-49)76(10)67(89)52(43(2)3)40-56(81)70(9)34-22-38-79(70)69(91)94-42-48-28-30-51(31-29-48)74-66(88)50(25-20-35-72-68(71)90)39-54(80)61(44(4)5)75-57(82)27-18-15-19-36-78-58(83)32-33-59(78)84/h14,16-17,23-24,28-33,43-47,50,52-53,55,61-64,86H,13,15,18-22,25-27,34-42H2,1-12H3,(H,73,87)(H,74,88)(H,75,82)(H3,71,72,90)/t45-,46+,47+,50+,52-,53-,55+,61-,62-,63+,64+,70-/m0/s1. The summed E-state index contributed by atoms with van der Waals surface area (Å²) in [6.45, 7) is 17.5. The van der Waals surface area contributed by atoms with Gasteiger partial charge in [0.1, 0.15) is 12.1 Å². The summed E-state index contributed by atoms with van der Waals surface area (Å²) in [6, 6.07) is 12.4. The third-order valence-corrected chi connectivity index (χ3v) is 19.2. The summed E-state index contributed by atoms with van der Waals surface area (Å²) in [5.41, 5.74) is 5.62. The molecule has 0 aliphatic carbocycles. The van der Waals surface area contributed by atoms with Gasteiger partial charge in [-0.2, -0.15) is 0 Å². The average molecular weight is 1310 g/mol. The molecule has 2 fully saturated rings. The van der Waals surface area contributed by atoms with Crippen molar-refractivity contribution in [2.75, 3.05) is 52.8 Å². The molecule has 0 aromatic heterocycles. The molecule has 2 aromatic carbocycles. The van der Waals surface area contributed by atoms with Crippen molar-refractivity contribution in [2.45, 2.75) is 207 Å². The smallest absolute Gasteiger partial charge is 0.410 e. The van der Waals surface area contributed by atoms with E-state index in [0.717, 1.165) is 4.90 Å². The Labute approximate surface area is 554 Å². The molecule has 3 aliphatic heterocycles. The van der Waals surface area contributed by atoms with Crippen molar-refractivity contribution in [3.8, 4) is 0 Å². The first-order valence-corrected chi connectivity index (χ1v) is 33.5. The number of likely N-dealkylation sites (tertiary alicyclic amines) is 2. The van der Waals surface area contributed by atoms with Crippen LogP contribution < -0.4 is 27.0 Å². The number of carbonyl (C=O) groups excluding carboxylic acids is 11. The van der Waals surface area contributed by atoms with Crippen LogP contribution in [-0.4, -0.2) is 179 Å². The van der Waals surface area contributed by atoms with E-state index in [9.17, 15) is 57.8 Å². The van der Waals surface area contributed by atoms with Gasteiger partial charge < -0.3 is 56.1 Å². The van der Waals surface area contributed by atoms with Gasteiger partial charge in [-0.15, -0.1) is 0 Å². The van der Waals surface area contributed by atoms with Crippen LogP contribution in [0.25, 0.3) is 0 Å². The van der Waals surface area contributed by atoms with Crippen molar-refractivity contribution in [1.29, 1.82) is 0 Å². The monoisotopic (exact) mass is 1310 g/mol. The fraction of sp³-hybridized carbons (Fsp3) is 0.643. The van der Waals surface area contributed by atoms with Crippen molar-refractivity contribution in [3.63, 3.8) is 0 Å². The molecule has 24 nitrogen and oxygen atoms in total. The summed E-state index contributed by atoms with van der Waals surface area (Å²) >= 11 is 0. The Hall–Kier alpha value is -7.57. The predicted octanol–water partition coefficient (Wildman–Crippen LogP) is 7.16. The molecule has 12 atom stereocenters. The van der Waals surface area contributed by atoms with E-state index in [2.05, 4.69) is 21.3 Å². The van der Waals surface area contributed by atoms with Crippen LogP contribution in [0.1, 0.15) is 169 Å². The van der Waals surface area contributed by atoms with E-state index in [1.165, 1.54) is 31.3 Å². The Kier molecular flexibility index (Phi) is 30.3. The molecule has 0 bridgehead atoms. The molecule has 94 heavy (non-hydrogen) atoms. The number of nitrogens with one attached hydrogen (secondary N) is 4. The molecule has 3 heterocycles. The highest BCUT2D eigenvalue weighted by atomic mass is 16.6. The van der Waals surface area contributed by atoms with Gasteiger partial charge >= 0.3 is 12.1 Å². The second-order valence-electron chi connectivity index (χ2n) is 26.6. The lowest BCUT2D eigenvalue weighted by atomic mass is 9.81. The largest absolute Gasteiger partial charge is 0.445 e. The van der Waals surface area contributed by atoms with Gasteiger partial charge in [-0.25, -0.2) is 9.59 Å². The Morgan fingerprint density at radius 2 is 1.46 bits per heavy atom. The average Bonchev–Trinajstić information content (AvgIpc) is 1.55. The highest BCUT2D eigenvalue weighted by Gasteiger charge is 2.49. The highest BCUT2D eigenvalue weighted by molar-refractivity contribution is 6.12. The summed E-state index contributed by atoms with van der Waals surface area (Å²) in [4.78, 5) is 154. The zero-order valence-electron chi connectivity index (χ0n) is 57.3. The minimum atomic E-state index is -1.28. The molecule has 7 N–H and O–H groups in total. The topological polar surface area (TPSA) is 323 Å². The number of rotatable bonds is 38. The number of hydrogen-bond acceptors (Lipinski definition) is 15. The van der Waals surface area contributed by atoms with Gasteiger partial charge in [0.25, 0.3) is 11.8 Å². The van der Waals surface area contributed by atoms with Crippen LogP contribution in [0.2, 0.25) is 0 Å². The number of unbranched alkanes of at least 4 members (excludes halogenated alkanes) is 2. The summed E-state index contributed by atoms with van der Waals surface area (Å²) < 4.78 is 17.9. The highest BCUT2D eigenvalue weighted by Crippen LogP contribution is 2.36. The number of hydrogen-bond donors (Lipinski definition) is 6. The van der Waals surface area contributed by atoms with Crippen LogP contribution >= 0.6 is 0 Å². The van der Waals surface area contributed by atoms with Gasteiger partial charge in [-0.3, -0.25) is 53.0 Å². The minimum Gasteiger partial charge on any atom is -0.445 e. The van der Waals surface area contributed by atoms with Crippen LogP contribution in [0.15, 0.2) is 66.7 Å². The molecule has 0 saturated carbocycles. The summed E-state index contributed by atoms with van der Waals surface area (Å²) in [5, 5.41) is 22.1. The number of nitrogens with zero attached hydrogens (tertiary/aromatic N) is 4. The van der Waals surface area contributed by atoms with Gasteiger partial charge in [0.05, 0.1) is 54.8 Å². The van der Waals surface area contributed by atoms with Crippen LogP contribution in [0, 0.1) is 35.5 Å². The van der Waals surface area contributed by atoms with Crippen molar-refractivity contribution >= 4 is 70.7 Å². The molecule has 10 amide bonds. The third-order valence-electron chi connectivity index (χ3n) is 19.2. The molecular weight excluding hydrogens is 1210 g/mol. The number of amides is 10. The number of ketones is 2. The maximum absolute atomic E-state index is 14.9. The predicted molar refractivity (Wildman–Crippen MR) is 354 cm³/mol. The number of imide groups is 1. The number of anilines is 1. The van der Waals surface area contributed by atoms with Crippen molar-refractivity contribution in [2.24, 2.45) is 41.2 Å². The molecule has 0 spiro atoms. The van der Waals surface area contributed by atoms with E-state index < -0.39 is 83.8 Å². The zero-order valence-corrected chi connectivity index (χ0v) is 57.3. The van der Waals surface area contributed by atoms with Crippen molar-refractivity contribution in [3.05, 3.63) is 77.9 Å². The lowest BCUT2D eigenvalue weighted by Gasteiger charge is -2.41. The summed E-state index contributed by atoms with van der Waals surface area (Å²) in [5.74, 6) is -6.05. The first-order valence-electron chi connectivity index (χ1n) is 33.5. The maximum atomic E-state index is 14.9. The number of likely N-dealkylation sites (N-methyl/N-ethyl adjacent to an activating group) is 1. The van der Waals surface area contributed by atoms with Crippen molar-refractivity contribution in [1.82, 2.24) is 35.6 Å². The number of primary amides is 1. The van der Waals surface area contributed by atoms with E-state index in [0.29, 0.717) is 81.1 Å². The molecule has 0 unspecified atom stereocenters. The Balaban J connectivity index is 1.17. The number of urea groups is 1. The number of Topliss-reactive ketones (excluding diaryl/α,β-unsaturated/α-hetero) is 2. The van der Waals surface area contributed by atoms with Gasteiger partial charge in [-0.05, 0) is 106 Å². The van der Waals surface area contributed by atoms with Crippen LogP contribution in [-0.2, 0) is 64.0 Å². The van der Waals surface area contributed by atoms with E-state index >= 15 is 0 Å². The van der Waals surface area contributed by atoms with Crippen LogP contribution in [0.4, 0.5) is 15.3 Å². The number of benzene rings is 2. The lowest BCUT2D eigenvalue weighted by Crippen LogP contribution is -2.55. The lowest BCUT2D eigenvalue weighted by molar-refractivity contribution is -0.149. The van der Waals surface area contributed by atoms with Crippen LogP contribution in [0.3, 0.4) is 0 Å². The quantitative estimate of drug-likeness (QED) is 0.0287. The number of nitrogens with two attached hydrogens (primary N) is 1. The van der Waals surface area contributed by atoms with E-state index in [4.69, 9.17) is 19.9 Å². The first-order chi connectivity index (χ1) is 44.6. The fourth-order valence-corrected chi connectivity index (χ4v) is 13.2. The molecular formula is C70H105N9O15. The Bertz CT molecular complexity index is 2930. The normalized spacial score (nSPS) is 19.6. The number of aliphatic hydroxyl groups excluding tert-OH is 1. The van der Waals surface area contributed by atoms with Crippen LogP contribution in [0.5, 0.6) is 0 Å². The Morgan fingerprint density at radius 3 is 2.06 bits per heavy atom. The van der Waals surface area contributed by atoms with Gasteiger partial charge in [0, 0.05) is 96.4 Å². The third kappa shape index (κ3) is 21.2. The van der Waals surface area contributed by atoms with Crippen molar-refractivity contribution < 1.29 is 72.1 Å². The molecule has 3 aliphatic rings. The van der Waals surface area contributed by atoms with Gasteiger partial charge in [-0.1, -0.05) is 104 Å². The summed E-state index contributed by atoms with van der Waals surface area (Å²) in [6.07, 6.45) is 4.01. The fourth-order valence-electron chi connectivity index (χ4n) is 13.2. The maximum Gasteiger partial charge on any atom is 0.410 e. The van der Waals surface area contributed by atoms with E-state index in [-0.39, 0.29) is 123 Å². The van der Waals surface area contributed by atoms with Gasteiger partial charge in [0.15, 0.2) is 11.6 Å². The number of aliphatic hydroxyl groups is 1. The number of carbonyl (C=O) groups is 11. The second-order valence-corrected chi connectivity index (χ2v) is 26.6. The van der Waals surface area contributed by atoms with E-state index in [1.807, 2.05) is 45.9 Å². The second kappa shape index (κ2) is 36.9. The molecule has 5 rings (SSSR count). The van der Waals surface area contributed by atoms with Gasteiger partial charge in [0.2, 0.25) is 29.5 Å². The molecule has 2 aromatic rings. The Morgan fingerprint density at radius 1 is 0.787 bits per heavy atom. The molecule has 0 radical (unpaired) electrons. The molecule has 2 saturated heterocycles. The molecule has 520 valence electrons. The first kappa shape index (κ1) is 77.1. The summed E-state index contributed by atoms with van der Waals surface area (Å²) in [7, 11) is 4.73. The number of methoxy groups -OCH3 is 2. The van der Waals surface area contributed by atoms with E-state index in [1.54, 1.807) is 87.9 Å². The minimum absolute atomic E-state index is 0.0630. The molecule has 24 heteroatoms. The SMILES string of the molecule is CC[C@H](C)[C@@H]([C@@H](CC(=O)N1CCC[C@H]1[C@H](OC)[C@@H](C)C(=O)N[C@H](C)[C@@H](O)c1ccccc1)OC)N(C)C(=O)[C@@H](CC(=O)[C@]1(C)CCCN1C(=O)OCc1ccc(NC(=O)[C@H](CCCNC(N)=O)CC(=O)[C@@H](NC(=O)CCCCCN2C(=O)C=CC2=O)C(C)C)cc1)C(C)C.